The van der Waals surface area contributed by atoms with E-state index in [1.54, 1.807) is 50.2 Å². The van der Waals surface area contributed by atoms with E-state index in [1.165, 1.54) is 0 Å². The first-order chi connectivity index (χ1) is 9.90. The first-order valence-corrected chi connectivity index (χ1v) is 6.27. The minimum atomic E-state index is -0.457. The Morgan fingerprint density at radius 3 is 2.52 bits per heavy atom. The molecule has 6 nitrogen and oxygen atoms in total. The SMILES string of the molecule is Cc1cc(Oc2cccc(C)c2[N+](=O)[O-])ccc1C(=N)N. The lowest BCUT2D eigenvalue weighted by Gasteiger charge is -2.10. The summed E-state index contributed by atoms with van der Waals surface area (Å²) >= 11 is 0. The second-order valence-electron chi connectivity index (χ2n) is 4.67. The van der Waals surface area contributed by atoms with Crippen LogP contribution in [0.3, 0.4) is 0 Å². The van der Waals surface area contributed by atoms with Gasteiger partial charge in [0.2, 0.25) is 5.75 Å². The van der Waals surface area contributed by atoms with Gasteiger partial charge in [0.15, 0.2) is 0 Å². The summed E-state index contributed by atoms with van der Waals surface area (Å²) in [5.74, 6) is 0.627. The maximum atomic E-state index is 11.1. The highest BCUT2D eigenvalue weighted by Crippen LogP contribution is 2.34. The second-order valence-corrected chi connectivity index (χ2v) is 4.67. The van der Waals surface area contributed by atoms with Gasteiger partial charge in [-0.1, -0.05) is 12.1 Å². The zero-order chi connectivity index (χ0) is 15.6. The van der Waals surface area contributed by atoms with E-state index in [0.717, 1.165) is 5.56 Å². The van der Waals surface area contributed by atoms with E-state index in [9.17, 15) is 10.1 Å². The number of amidine groups is 1. The highest BCUT2D eigenvalue weighted by Gasteiger charge is 2.19. The fourth-order valence-electron chi connectivity index (χ4n) is 2.08. The molecule has 2 aromatic carbocycles. The highest BCUT2D eigenvalue weighted by molar-refractivity contribution is 5.96. The molecule has 0 aliphatic heterocycles. The van der Waals surface area contributed by atoms with Crippen molar-refractivity contribution in [1.82, 2.24) is 0 Å². The third-order valence-corrected chi connectivity index (χ3v) is 3.10. The fraction of sp³-hybridized carbons (Fsp3) is 0.133. The molecule has 0 aliphatic rings. The maximum Gasteiger partial charge on any atom is 0.314 e. The van der Waals surface area contributed by atoms with Crippen molar-refractivity contribution in [3.05, 3.63) is 63.2 Å². The van der Waals surface area contributed by atoms with Crippen molar-refractivity contribution >= 4 is 11.5 Å². The summed E-state index contributed by atoms with van der Waals surface area (Å²) < 4.78 is 5.61. The van der Waals surface area contributed by atoms with Gasteiger partial charge < -0.3 is 10.5 Å². The minimum absolute atomic E-state index is 0.0272. The lowest BCUT2D eigenvalue weighted by molar-refractivity contribution is -0.386. The van der Waals surface area contributed by atoms with Gasteiger partial charge in [0.1, 0.15) is 11.6 Å². The number of nitro benzene ring substituents is 1. The molecule has 3 N–H and O–H groups in total. The predicted molar refractivity (Wildman–Crippen MR) is 80.1 cm³/mol. The first-order valence-electron chi connectivity index (χ1n) is 6.27. The van der Waals surface area contributed by atoms with Gasteiger partial charge in [0, 0.05) is 11.1 Å². The average Bonchev–Trinajstić information content (AvgIpc) is 2.37. The summed E-state index contributed by atoms with van der Waals surface area (Å²) in [5.41, 5.74) is 7.33. The molecule has 0 aliphatic carbocycles. The number of para-hydroxylation sites is 1. The number of nitrogens with zero attached hydrogens (tertiary/aromatic N) is 1. The number of rotatable bonds is 4. The lowest BCUT2D eigenvalue weighted by atomic mass is 10.1. The first kappa shape index (κ1) is 14.5. The van der Waals surface area contributed by atoms with Crippen molar-refractivity contribution in [3.8, 4) is 11.5 Å². The quantitative estimate of drug-likeness (QED) is 0.389. The van der Waals surface area contributed by atoms with Crippen molar-refractivity contribution in [2.24, 2.45) is 5.73 Å². The van der Waals surface area contributed by atoms with Gasteiger partial charge >= 0.3 is 5.69 Å². The standard InChI is InChI=1S/C15H15N3O3/c1-9-4-3-5-13(14(9)18(19)20)21-11-6-7-12(15(16)17)10(2)8-11/h3-8H,1-2H3,(H3,16,17). The molecule has 2 aromatic rings. The minimum Gasteiger partial charge on any atom is -0.450 e. The van der Waals surface area contributed by atoms with Crippen LogP contribution in [0.25, 0.3) is 0 Å². The van der Waals surface area contributed by atoms with Gasteiger partial charge in [-0.2, -0.15) is 0 Å². The molecule has 21 heavy (non-hydrogen) atoms. The molecule has 0 bridgehead atoms. The fourth-order valence-corrected chi connectivity index (χ4v) is 2.08. The number of hydrogen-bond acceptors (Lipinski definition) is 4. The van der Waals surface area contributed by atoms with Gasteiger partial charge in [0.05, 0.1) is 4.92 Å². The number of nitrogens with two attached hydrogens (primary N) is 1. The van der Waals surface area contributed by atoms with Gasteiger partial charge in [-0.15, -0.1) is 0 Å². The Kier molecular flexibility index (Phi) is 3.89. The molecule has 6 heteroatoms. The third-order valence-electron chi connectivity index (χ3n) is 3.10. The van der Waals surface area contributed by atoms with Crippen molar-refractivity contribution in [2.75, 3.05) is 0 Å². The molecule has 0 atom stereocenters. The van der Waals surface area contributed by atoms with Crippen molar-refractivity contribution < 1.29 is 9.66 Å². The Morgan fingerprint density at radius 1 is 1.24 bits per heavy atom. The number of ether oxygens (including phenoxy) is 1. The van der Waals surface area contributed by atoms with Crippen LogP contribution in [0.1, 0.15) is 16.7 Å². The summed E-state index contributed by atoms with van der Waals surface area (Å²) in [6.07, 6.45) is 0. The summed E-state index contributed by atoms with van der Waals surface area (Å²) in [7, 11) is 0. The van der Waals surface area contributed by atoms with Crippen LogP contribution < -0.4 is 10.5 Å². The van der Waals surface area contributed by atoms with Crippen molar-refractivity contribution in [3.63, 3.8) is 0 Å². The molecule has 0 amide bonds. The molecule has 0 radical (unpaired) electrons. The third kappa shape index (κ3) is 3.00. The number of nitro groups is 1. The molecule has 108 valence electrons. The number of hydrogen-bond donors (Lipinski definition) is 2. The van der Waals surface area contributed by atoms with Crippen LogP contribution in [0.2, 0.25) is 0 Å². The molecule has 0 saturated heterocycles. The van der Waals surface area contributed by atoms with E-state index in [1.807, 2.05) is 0 Å². The Hall–Kier alpha value is -2.89. The molecular weight excluding hydrogens is 270 g/mol. The topological polar surface area (TPSA) is 102 Å². The zero-order valence-corrected chi connectivity index (χ0v) is 11.7. The molecular formula is C15H15N3O3. The molecule has 2 rings (SSSR count). The molecule has 0 saturated carbocycles. The van der Waals surface area contributed by atoms with E-state index in [-0.39, 0.29) is 17.3 Å². The zero-order valence-electron chi connectivity index (χ0n) is 11.7. The molecule has 0 unspecified atom stereocenters. The summed E-state index contributed by atoms with van der Waals surface area (Å²) in [5, 5.41) is 18.6. The van der Waals surface area contributed by atoms with Crippen LogP contribution in [0, 0.1) is 29.4 Å². The van der Waals surface area contributed by atoms with Crippen LogP contribution in [-0.2, 0) is 0 Å². The van der Waals surface area contributed by atoms with Crippen LogP contribution in [-0.4, -0.2) is 10.8 Å². The van der Waals surface area contributed by atoms with Gasteiger partial charge in [0.25, 0.3) is 0 Å². The van der Waals surface area contributed by atoms with E-state index in [4.69, 9.17) is 15.9 Å². The Labute approximate surface area is 121 Å². The van der Waals surface area contributed by atoms with Crippen molar-refractivity contribution in [1.29, 1.82) is 5.41 Å². The second kappa shape index (κ2) is 5.62. The average molecular weight is 285 g/mol. The molecule has 0 fully saturated rings. The van der Waals surface area contributed by atoms with Crippen molar-refractivity contribution in [2.45, 2.75) is 13.8 Å². The number of nitrogen functional groups attached to an aromatic ring is 1. The van der Waals surface area contributed by atoms with Gasteiger partial charge in [-0.3, -0.25) is 15.5 Å². The summed E-state index contributed by atoms with van der Waals surface area (Å²) in [4.78, 5) is 10.7. The highest BCUT2D eigenvalue weighted by atomic mass is 16.6. The molecule has 0 spiro atoms. The lowest BCUT2D eigenvalue weighted by Crippen LogP contribution is -2.12. The van der Waals surface area contributed by atoms with Crippen LogP contribution in [0.4, 0.5) is 5.69 Å². The van der Waals surface area contributed by atoms with Crippen LogP contribution in [0.15, 0.2) is 36.4 Å². The van der Waals surface area contributed by atoms with E-state index >= 15 is 0 Å². The Balaban J connectivity index is 2.39. The summed E-state index contributed by atoms with van der Waals surface area (Å²) in [6, 6.07) is 9.91. The number of benzene rings is 2. The van der Waals surface area contributed by atoms with E-state index in [0.29, 0.717) is 16.9 Å². The largest absolute Gasteiger partial charge is 0.450 e. The number of nitrogens with one attached hydrogen (secondary N) is 1. The van der Waals surface area contributed by atoms with Crippen LogP contribution >= 0.6 is 0 Å². The van der Waals surface area contributed by atoms with E-state index < -0.39 is 4.92 Å². The Morgan fingerprint density at radius 2 is 1.95 bits per heavy atom. The predicted octanol–water partition coefficient (Wildman–Crippen LogP) is 3.29. The van der Waals surface area contributed by atoms with E-state index in [2.05, 4.69) is 0 Å². The van der Waals surface area contributed by atoms with Gasteiger partial charge in [-0.25, -0.2) is 0 Å². The smallest absolute Gasteiger partial charge is 0.314 e. The normalized spacial score (nSPS) is 10.2. The van der Waals surface area contributed by atoms with Gasteiger partial charge in [-0.05, 0) is 43.7 Å². The molecule has 0 heterocycles. The molecule has 0 aromatic heterocycles. The van der Waals surface area contributed by atoms with Crippen LogP contribution in [0.5, 0.6) is 11.5 Å². The summed E-state index contributed by atoms with van der Waals surface area (Å²) in [6.45, 7) is 3.46. The maximum absolute atomic E-state index is 11.1. The monoisotopic (exact) mass is 285 g/mol. The Bertz CT molecular complexity index is 726. The number of aryl methyl sites for hydroxylation is 2.